The number of urea groups is 1. The van der Waals surface area contributed by atoms with Crippen LogP contribution < -0.4 is 20.4 Å². The molecule has 2 atom stereocenters. The standard InChI is InChI=1S/C39H42F2N12O6/c40-34(41)33-30(43-36(55)29-17-42-50-13-7-31(44-35(29)50)49-19-26-15-25(49)21-59-26)20-51(46-33)23-5-9-47(10-6-23)18-22-3-11-48(12-4-22)24-1-2-27-28(16-24)38(57)53(37(27)56)52-14-8-32(54)45-39(52)58/h1-2,7,13,16-17,20,22-23,25-26,34H,3-6,8-12,14-15,18-19,21H2,(H,43,55)(H,45,54,58)/t25-,26-/m1/s1. The maximum Gasteiger partial charge on any atom is 0.343 e. The fraction of sp³-hybridized carbons (Fsp3) is 0.487. The molecule has 0 aliphatic carbocycles. The molecule has 2 bridgehead atoms. The number of nitrogens with zero attached hydrogens (tertiary/aromatic N) is 10. The van der Waals surface area contributed by atoms with Gasteiger partial charge in [-0.3, -0.25) is 29.2 Å². The van der Waals surface area contributed by atoms with Gasteiger partial charge in [0.15, 0.2) is 11.3 Å². The Morgan fingerprint density at radius 1 is 0.966 bits per heavy atom. The van der Waals surface area contributed by atoms with Gasteiger partial charge in [0, 0.05) is 63.8 Å². The zero-order valence-corrected chi connectivity index (χ0v) is 32.0. The van der Waals surface area contributed by atoms with E-state index in [-0.39, 0.29) is 53.5 Å². The van der Waals surface area contributed by atoms with Gasteiger partial charge in [0.05, 0.1) is 54.4 Å². The fourth-order valence-electron chi connectivity index (χ4n) is 9.38. The number of likely N-dealkylation sites (tertiary alicyclic amines) is 1. The molecular formula is C39H42F2N12O6. The first-order valence-corrected chi connectivity index (χ1v) is 20.1. The minimum Gasteiger partial charge on any atom is -0.374 e. The van der Waals surface area contributed by atoms with Crippen LogP contribution in [0.5, 0.6) is 0 Å². The van der Waals surface area contributed by atoms with Crippen LogP contribution in [0, 0.1) is 5.92 Å². The minimum absolute atomic E-state index is 0.00572. The van der Waals surface area contributed by atoms with Gasteiger partial charge in [-0.15, -0.1) is 0 Å². The quantitative estimate of drug-likeness (QED) is 0.236. The zero-order chi connectivity index (χ0) is 40.5. The van der Waals surface area contributed by atoms with Crippen molar-refractivity contribution < 1.29 is 37.5 Å². The summed E-state index contributed by atoms with van der Waals surface area (Å²) in [4.78, 5) is 75.4. The van der Waals surface area contributed by atoms with Crippen LogP contribution in [0.4, 0.5) is 30.8 Å². The number of hydrogen-bond donors (Lipinski definition) is 2. The van der Waals surface area contributed by atoms with Gasteiger partial charge in [0.2, 0.25) is 5.91 Å². The summed E-state index contributed by atoms with van der Waals surface area (Å²) in [6.07, 6.45) is 6.14. The van der Waals surface area contributed by atoms with Crippen LogP contribution in [0.1, 0.15) is 87.8 Å². The zero-order valence-electron chi connectivity index (χ0n) is 32.0. The Bertz CT molecular complexity index is 2370. The van der Waals surface area contributed by atoms with Crippen LogP contribution in [0.25, 0.3) is 5.65 Å². The molecule has 9 heterocycles. The van der Waals surface area contributed by atoms with Gasteiger partial charge in [0.25, 0.3) is 24.1 Å². The van der Waals surface area contributed by atoms with Crippen LogP contribution >= 0.6 is 0 Å². The largest absolute Gasteiger partial charge is 0.374 e. The molecule has 0 spiro atoms. The summed E-state index contributed by atoms with van der Waals surface area (Å²) in [6.45, 7) is 5.29. The molecule has 10 rings (SSSR count). The summed E-state index contributed by atoms with van der Waals surface area (Å²) in [5, 5.41) is 15.2. The second kappa shape index (κ2) is 14.7. The molecule has 18 nitrogen and oxygen atoms in total. The van der Waals surface area contributed by atoms with Crippen LogP contribution in [-0.2, 0) is 9.53 Å². The molecular weight excluding hydrogens is 771 g/mol. The number of fused-ring (bicyclic) bond motifs is 4. The lowest BCUT2D eigenvalue weighted by Gasteiger charge is -2.38. The van der Waals surface area contributed by atoms with E-state index in [1.807, 2.05) is 12.1 Å². The third-order valence-electron chi connectivity index (χ3n) is 12.6. The van der Waals surface area contributed by atoms with Crippen molar-refractivity contribution >= 4 is 52.5 Å². The molecule has 308 valence electrons. The molecule has 4 aromatic rings. The van der Waals surface area contributed by atoms with Crippen LogP contribution in [0.2, 0.25) is 0 Å². The smallest absolute Gasteiger partial charge is 0.343 e. The molecule has 59 heavy (non-hydrogen) atoms. The van der Waals surface area contributed by atoms with Crippen molar-refractivity contribution in [1.82, 2.24) is 44.6 Å². The number of hydrogen-bond acceptors (Lipinski definition) is 12. The monoisotopic (exact) mass is 812 g/mol. The predicted octanol–water partition coefficient (Wildman–Crippen LogP) is 3.10. The Labute approximate surface area is 336 Å². The van der Waals surface area contributed by atoms with E-state index in [0.717, 1.165) is 92.9 Å². The lowest BCUT2D eigenvalue weighted by Crippen LogP contribution is -2.58. The highest BCUT2D eigenvalue weighted by Crippen LogP contribution is 2.35. The Kier molecular flexibility index (Phi) is 9.26. The fourth-order valence-corrected chi connectivity index (χ4v) is 9.38. The van der Waals surface area contributed by atoms with Crippen LogP contribution in [-0.4, -0.2) is 134 Å². The van der Waals surface area contributed by atoms with Crippen LogP contribution in [0.3, 0.4) is 0 Å². The Balaban J connectivity index is 0.732. The highest BCUT2D eigenvalue weighted by atomic mass is 19.3. The molecule has 0 unspecified atom stereocenters. The third kappa shape index (κ3) is 6.72. The highest BCUT2D eigenvalue weighted by molar-refractivity contribution is 6.22. The minimum atomic E-state index is -2.88. The number of morpholine rings is 1. The normalized spacial score (nSPS) is 23.0. The van der Waals surface area contributed by atoms with Gasteiger partial charge in [0.1, 0.15) is 11.4 Å². The number of carbonyl (C=O) groups is 5. The number of aromatic nitrogens is 5. The van der Waals surface area contributed by atoms with Crippen molar-refractivity contribution in [1.29, 1.82) is 0 Å². The van der Waals surface area contributed by atoms with E-state index in [1.54, 1.807) is 23.0 Å². The van der Waals surface area contributed by atoms with E-state index in [1.165, 1.54) is 16.9 Å². The first-order chi connectivity index (χ1) is 28.6. The number of amides is 6. The number of anilines is 3. The molecule has 6 aliphatic rings. The van der Waals surface area contributed by atoms with Gasteiger partial charge in [-0.05, 0) is 62.3 Å². The molecule has 6 amide bonds. The van der Waals surface area contributed by atoms with Crippen molar-refractivity contribution in [3.8, 4) is 0 Å². The van der Waals surface area contributed by atoms with Crippen molar-refractivity contribution in [2.24, 2.45) is 5.92 Å². The lowest BCUT2D eigenvalue weighted by atomic mass is 9.94. The number of benzene rings is 1. The van der Waals surface area contributed by atoms with E-state index in [4.69, 9.17) is 9.72 Å². The number of carbonyl (C=O) groups excluding carboxylic acids is 5. The van der Waals surface area contributed by atoms with Crippen LogP contribution in [0.15, 0.2) is 42.9 Å². The molecule has 2 N–H and O–H groups in total. The van der Waals surface area contributed by atoms with Gasteiger partial charge < -0.3 is 24.8 Å². The molecule has 1 aromatic carbocycles. The number of imide groups is 2. The summed E-state index contributed by atoms with van der Waals surface area (Å²) in [6, 6.07) is 6.34. The van der Waals surface area contributed by atoms with E-state index in [2.05, 4.69) is 35.5 Å². The summed E-state index contributed by atoms with van der Waals surface area (Å²) < 4.78 is 37.3. The highest BCUT2D eigenvalue weighted by Gasteiger charge is 2.44. The van der Waals surface area contributed by atoms with E-state index < -0.39 is 41.8 Å². The van der Waals surface area contributed by atoms with Gasteiger partial charge >= 0.3 is 6.03 Å². The first kappa shape index (κ1) is 37.3. The van der Waals surface area contributed by atoms with E-state index in [9.17, 15) is 32.8 Å². The summed E-state index contributed by atoms with van der Waals surface area (Å²) >= 11 is 0. The second-order valence-electron chi connectivity index (χ2n) is 16.1. The van der Waals surface area contributed by atoms with Crippen molar-refractivity contribution in [2.75, 3.05) is 67.5 Å². The van der Waals surface area contributed by atoms with Gasteiger partial charge in [-0.25, -0.2) is 28.1 Å². The Morgan fingerprint density at radius 2 is 1.76 bits per heavy atom. The van der Waals surface area contributed by atoms with E-state index >= 15 is 0 Å². The topological polar surface area (TPSA) is 183 Å². The first-order valence-electron chi connectivity index (χ1n) is 20.1. The number of alkyl halides is 2. The van der Waals surface area contributed by atoms with E-state index in [0.29, 0.717) is 18.2 Å². The lowest BCUT2D eigenvalue weighted by molar-refractivity contribution is -0.122. The molecule has 6 aliphatic heterocycles. The van der Waals surface area contributed by atoms with Crippen molar-refractivity contribution in [3.63, 3.8) is 0 Å². The van der Waals surface area contributed by atoms with Gasteiger partial charge in [-0.2, -0.15) is 15.2 Å². The number of nitrogens with one attached hydrogen (secondary N) is 2. The number of piperidine rings is 2. The predicted molar refractivity (Wildman–Crippen MR) is 205 cm³/mol. The molecule has 5 saturated heterocycles. The maximum absolute atomic E-state index is 14.3. The third-order valence-corrected chi connectivity index (χ3v) is 12.6. The summed E-state index contributed by atoms with van der Waals surface area (Å²) in [5.74, 6) is -1.07. The van der Waals surface area contributed by atoms with Gasteiger partial charge in [-0.1, -0.05) is 0 Å². The molecule has 20 heteroatoms. The number of halogens is 2. The number of hydrazine groups is 1. The summed E-state index contributed by atoms with van der Waals surface area (Å²) in [5.41, 5.74) is 1.28. The molecule has 0 saturated carbocycles. The number of rotatable bonds is 9. The summed E-state index contributed by atoms with van der Waals surface area (Å²) in [7, 11) is 0. The second-order valence-corrected chi connectivity index (χ2v) is 16.1. The average molecular weight is 813 g/mol. The maximum atomic E-state index is 14.3. The van der Waals surface area contributed by atoms with Crippen molar-refractivity contribution in [2.45, 2.75) is 63.1 Å². The SMILES string of the molecule is O=C1CCN(N2C(=O)c3ccc(N4CCC(CN5CCC(n6cc(NC(=O)c7cnn8ccc(N9C[C@H]%10C[C@@H]9CO%10)nc78)c(C(F)F)n6)CC5)CC4)cc3C2=O)C(=O)N1. The Morgan fingerprint density at radius 3 is 2.49 bits per heavy atom. The number of ether oxygens (including phenoxy) is 1. The molecule has 5 fully saturated rings. The molecule has 3 aromatic heterocycles. The van der Waals surface area contributed by atoms with Crippen molar-refractivity contribution in [3.05, 3.63) is 65.2 Å². The molecule has 0 radical (unpaired) electrons. The Hall–Kier alpha value is -6.02. The average Bonchev–Trinajstić information content (AvgIpc) is 4.08.